The zero-order valence-corrected chi connectivity index (χ0v) is 10.7. The van der Waals surface area contributed by atoms with Crippen molar-refractivity contribution in [3.05, 3.63) is 28.8 Å². The van der Waals surface area contributed by atoms with E-state index in [1.54, 1.807) is 11.3 Å². The third kappa shape index (κ3) is 1.35. The molecule has 0 spiro atoms. The molecule has 1 aromatic carbocycles. The van der Waals surface area contributed by atoms with Crippen molar-refractivity contribution in [1.82, 2.24) is 4.98 Å². The molecule has 0 amide bonds. The number of benzene rings is 1. The van der Waals surface area contributed by atoms with Gasteiger partial charge in [-0.1, -0.05) is 12.1 Å². The highest BCUT2D eigenvalue weighted by Gasteiger charge is 2.53. The summed E-state index contributed by atoms with van der Waals surface area (Å²) < 4.78 is 1.14. The molecule has 92 valence electrons. The first kappa shape index (κ1) is 10.5. The summed E-state index contributed by atoms with van der Waals surface area (Å²) in [7, 11) is 0. The Hall–Kier alpha value is -1.42. The SMILES string of the molecule is O=C(O)C1(c2cccc3sc(C4CC4)nc23)CC1. The second kappa shape index (κ2) is 3.32. The van der Waals surface area contributed by atoms with Crippen molar-refractivity contribution in [2.24, 2.45) is 0 Å². The second-order valence-electron chi connectivity index (χ2n) is 5.37. The molecule has 0 saturated heterocycles. The van der Waals surface area contributed by atoms with E-state index < -0.39 is 11.4 Å². The van der Waals surface area contributed by atoms with Crippen molar-refractivity contribution in [3.63, 3.8) is 0 Å². The quantitative estimate of drug-likeness (QED) is 0.920. The van der Waals surface area contributed by atoms with Gasteiger partial charge in [-0.2, -0.15) is 0 Å². The largest absolute Gasteiger partial charge is 0.481 e. The molecule has 18 heavy (non-hydrogen) atoms. The Morgan fingerprint density at radius 3 is 2.78 bits per heavy atom. The van der Waals surface area contributed by atoms with Crippen LogP contribution in [0.4, 0.5) is 0 Å². The van der Waals surface area contributed by atoms with Crippen molar-refractivity contribution in [2.45, 2.75) is 37.0 Å². The average Bonchev–Trinajstić information content (AvgIpc) is 3.24. The molecule has 1 heterocycles. The number of carboxylic acid groups (broad SMARTS) is 1. The molecule has 0 unspecified atom stereocenters. The topological polar surface area (TPSA) is 50.2 Å². The third-order valence-corrected chi connectivity index (χ3v) is 5.22. The zero-order chi connectivity index (χ0) is 12.3. The van der Waals surface area contributed by atoms with E-state index in [1.807, 2.05) is 12.1 Å². The molecule has 0 bridgehead atoms. The van der Waals surface area contributed by atoms with E-state index in [-0.39, 0.29) is 0 Å². The molecule has 0 aliphatic heterocycles. The highest BCUT2D eigenvalue weighted by atomic mass is 32.1. The van der Waals surface area contributed by atoms with E-state index >= 15 is 0 Å². The molecule has 0 radical (unpaired) electrons. The van der Waals surface area contributed by atoms with Crippen molar-refractivity contribution in [2.75, 3.05) is 0 Å². The Morgan fingerprint density at radius 2 is 2.17 bits per heavy atom. The monoisotopic (exact) mass is 259 g/mol. The van der Waals surface area contributed by atoms with Crippen LogP contribution in [0, 0.1) is 0 Å². The molecule has 2 saturated carbocycles. The number of hydrogen-bond donors (Lipinski definition) is 1. The van der Waals surface area contributed by atoms with Gasteiger partial charge in [0.1, 0.15) is 0 Å². The van der Waals surface area contributed by atoms with Crippen LogP contribution in [0.15, 0.2) is 18.2 Å². The number of rotatable bonds is 3. The van der Waals surface area contributed by atoms with Crippen molar-refractivity contribution < 1.29 is 9.90 Å². The van der Waals surface area contributed by atoms with E-state index in [4.69, 9.17) is 4.98 Å². The van der Waals surface area contributed by atoms with Crippen LogP contribution in [0.3, 0.4) is 0 Å². The smallest absolute Gasteiger partial charge is 0.314 e. The van der Waals surface area contributed by atoms with E-state index in [9.17, 15) is 9.90 Å². The van der Waals surface area contributed by atoms with Crippen molar-refractivity contribution in [3.8, 4) is 0 Å². The molecule has 2 aliphatic carbocycles. The molecule has 3 nitrogen and oxygen atoms in total. The molecular weight excluding hydrogens is 246 g/mol. The van der Waals surface area contributed by atoms with Crippen molar-refractivity contribution in [1.29, 1.82) is 0 Å². The van der Waals surface area contributed by atoms with Gasteiger partial charge < -0.3 is 5.11 Å². The van der Waals surface area contributed by atoms with Crippen molar-refractivity contribution >= 4 is 27.5 Å². The number of carbonyl (C=O) groups is 1. The maximum atomic E-state index is 11.5. The minimum absolute atomic E-state index is 0.634. The first-order chi connectivity index (χ1) is 8.71. The Bertz CT molecular complexity index is 653. The molecule has 0 atom stereocenters. The Labute approximate surface area is 108 Å². The molecule has 4 heteroatoms. The van der Waals surface area contributed by atoms with Crippen LogP contribution in [-0.4, -0.2) is 16.1 Å². The Morgan fingerprint density at radius 1 is 1.39 bits per heavy atom. The zero-order valence-electron chi connectivity index (χ0n) is 9.85. The summed E-state index contributed by atoms with van der Waals surface area (Å²) in [5.41, 5.74) is 1.22. The van der Waals surface area contributed by atoms with Gasteiger partial charge in [-0.25, -0.2) is 4.98 Å². The minimum Gasteiger partial charge on any atom is -0.481 e. The number of fused-ring (bicyclic) bond motifs is 1. The molecule has 1 N–H and O–H groups in total. The maximum Gasteiger partial charge on any atom is 0.314 e. The first-order valence-corrected chi connectivity index (χ1v) is 7.16. The molecule has 4 rings (SSSR count). The molecule has 2 fully saturated rings. The normalized spacial score (nSPS) is 21.1. The van der Waals surface area contributed by atoms with Crippen LogP contribution in [-0.2, 0) is 10.2 Å². The fourth-order valence-corrected chi connectivity index (χ4v) is 3.74. The lowest BCUT2D eigenvalue weighted by Crippen LogP contribution is -2.19. The highest BCUT2D eigenvalue weighted by Crippen LogP contribution is 2.52. The predicted molar refractivity (Wildman–Crippen MR) is 70.1 cm³/mol. The lowest BCUT2D eigenvalue weighted by molar-refractivity contribution is -0.140. The van der Waals surface area contributed by atoms with Gasteiger partial charge in [0.2, 0.25) is 0 Å². The van der Waals surface area contributed by atoms with E-state index in [0.29, 0.717) is 5.92 Å². The number of para-hydroxylation sites is 1. The number of aliphatic carboxylic acids is 1. The summed E-state index contributed by atoms with van der Waals surface area (Å²) >= 11 is 1.73. The summed E-state index contributed by atoms with van der Waals surface area (Å²) in [6, 6.07) is 5.97. The van der Waals surface area contributed by atoms with Gasteiger partial charge in [0.15, 0.2) is 0 Å². The number of thiazole rings is 1. The van der Waals surface area contributed by atoms with Gasteiger partial charge in [-0.3, -0.25) is 4.79 Å². The van der Waals surface area contributed by atoms with Crippen LogP contribution >= 0.6 is 11.3 Å². The summed E-state index contributed by atoms with van der Waals surface area (Å²) in [6.45, 7) is 0. The molecule has 1 aromatic heterocycles. The van der Waals surface area contributed by atoms with Crippen LogP contribution in [0.25, 0.3) is 10.2 Å². The highest BCUT2D eigenvalue weighted by molar-refractivity contribution is 7.18. The molecule has 2 aliphatic rings. The lowest BCUT2D eigenvalue weighted by atomic mass is 9.95. The number of carboxylic acids is 1. The Kier molecular flexibility index (Phi) is 1.94. The second-order valence-corrected chi connectivity index (χ2v) is 6.43. The van der Waals surface area contributed by atoms with Gasteiger partial charge in [0.05, 0.1) is 20.6 Å². The third-order valence-electron chi connectivity index (χ3n) is 4.04. The van der Waals surface area contributed by atoms with Crippen LogP contribution < -0.4 is 0 Å². The standard InChI is InChI=1S/C14H13NO2S/c16-13(17)14(6-7-14)9-2-1-3-10-11(9)15-12(18-10)8-4-5-8/h1-3,8H,4-7H2,(H,16,17). The van der Waals surface area contributed by atoms with Gasteiger partial charge in [-0.05, 0) is 37.3 Å². The number of aromatic nitrogens is 1. The summed E-state index contributed by atoms with van der Waals surface area (Å²) in [6.07, 6.45) is 3.97. The number of nitrogens with zero attached hydrogens (tertiary/aromatic N) is 1. The van der Waals surface area contributed by atoms with E-state index in [2.05, 4.69) is 6.07 Å². The Balaban J connectivity index is 1.92. The van der Waals surface area contributed by atoms with Gasteiger partial charge in [-0.15, -0.1) is 11.3 Å². The number of hydrogen-bond acceptors (Lipinski definition) is 3. The average molecular weight is 259 g/mol. The van der Waals surface area contributed by atoms with E-state index in [1.165, 1.54) is 17.8 Å². The van der Waals surface area contributed by atoms with Crippen LogP contribution in [0.2, 0.25) is 0 Å². The maximum absolute atomic E-state index is 11.5. The van der Waals surface area contributed by atoms with Gasteiger partial charge in [0.25, 0.3) is 0 Å². The van der Waals surface area contributed by atoms with Gasteiger partial charge >= 0.3 is 5.97 Å². The summed E-state index contributed by atoms with van der Waals surface area (Å²) in [5, 5.41) is 10.6. The van der Waals surface area contributed by atoms with E-state index in [0.717, 1.165) is 28.6 Å². The lowest BCUT2D eigenvalue weighted by Gasteiger charge is -2.10. The van der Waals surface area contributed by atoms with Crippen LogP contribution in [0.1, 0.15) is 42.2 Å². The molecule has 2 aromatic rings. The fourth-order valence-electron chi connectivity index (χ4n) is 2.58. The predicted octanol–water partition coefficient (Wildman–Crippen LogP) is 3.29. The van der Waals surface area contributed by atoms with Crippen LogP contribution in [0.5, 0.6) is 0 Å². The fraction of sp³-hybridized carbons (Fsp3) is 0.429. The van der Waals surface area contributed by atoms with Gasteiger partial charge in [0, 0.05) is 5.92 Å². The minimum atomic E-state index is -0.698. The summed E-state index contributed by atoms with van der Waals surface area (Å²) in [4.78, 5) is 16.2. The first-order valence-electron chi connectivity index (χ1n) is 6.34. The molecular formula is C14H13NO2S. The summed E-state index contributed by atoms with van der Waals surface area (Å²) in [5.74, 6) is -0.0637.